The van der Waals surface area contributed by atoms with Gasteiger partial charge < -0.3 is 10.6 Å². The van der Waals surface area contributed by atoms with E-state index in [1.54, 1.807) is 12.1 Å². The first-order valence-electron chi connectivity index (χ1n) is 8.70. The smallest absolute Gasteiger partial charge is 0.217 e. The molecule has 0 saturated heterocycles. The second-order valence-electron chi connectivity index (χ2n) is 6.12. The lowest BCUT2D eigenvalue weighted by molar-refractivity contribution is -0.119. The molecule has 1 heterocycles. The lowest BCUT2D eigenvalue weighted by Crippen LogP contribution is -2.23. The molecule has 0 spiro atoms. The third-order valence-electron chi connectivity index (χ3n) is 3.91. The maximum Gasteiger partial charge on any atom is 0.217 e. The fourth-order valence-electron chi connectivity index (χ4n) is 2.52. The first kappa shape index (κ1) is 20.0. The quantitative estimate of drug-likeness (QED) is 0.420. The van der Waals surface area contributed by atoms with Crippen LogP contribution in [0, 0.1) is 0 Å². The minimum atomic E-state index is -0.0899. The molecule has 1 aromatic heterocycles. The molecule has 144 valence electrons. The molecule has 0 aliphatic rings. The Kier molecular flexibility index (Phi) is 6.78. The van der Waals surface area contributed by atoms with Gasteiger partial charge in [-0.05, 0) is 24.6 Å². The van der Waals surface area contributed by atoms with E-state index in [-0.39, 0.29) is 17.7 Å². The number of carbonyl (C=O) groups excluding carboxylic acids is 2. The normalized spacial score (nSPS) is 11.6. The van der Waals surface area contributed by atoms with E-state index < -0.39 is 0 Å². The van der Waals surface area contributed by atoms with Crippen molar-refractivity contribution >= 4 is 45.6 Å². The highest BCUT2D eigenvalue weighted by Gasteiger charge is 2.12. The SMILES string of the molecule is CC(=O)NC(C)c1ccc(C(=O)CSc2nnc(Nc3ccccc3)s2)cc1. The number of amides is 1. The van der Waals surface area contributed by atoms with Crippen molar-refractivity contribution in [1.29, 1.82) is 0 Å². The lowest BCUT2D eigenvalue weighted by atomic mass is 10.0. The number of rotatable bonds is 8. The predicted molar refractivity (Wildman–Crippen MR) is 113 cm³/mol. The van der Waals surface area contributed by atoms with Crippen LogP contribution in [0.5, 0.6) is 0 Å². The molecule has 0 aliphatic heterocycles. The topological polar surface area (TPSA) is 84.0 Å². The number of para-hydroxylation sites is 1. The second kappa shape index (κ2) is 9.48. The van der Waals surface area contributed by atoms with Gasteiger partial charge in [0.1, 0.15) is 0 Å². The van der Waals surface area contributed by atoms with E-state index in [0.717, 1.165) is 15.6 Å². The van der Waals surface area contributed by atoms with E-state index in [4.69, 9.17) is 0 Å². The summed E-state index contributed by atoms with van der Waals surface area (Å²) in [4.78, 5) is 23.6. The van der Waals surface area contributed by atoms with Crippen molar-refractivity contribution in [2.45, 2.75) is 24.2 Å². The summed E-state index contributed by atoms with van der Waals surface area (Å²) in [7, 11) is 0. The minimum Gasteiger partial charge on any atom is -0.350 e. The Morgan fingerprint density at radius 2 is 1.79 bits per heavy atom. The molecular weight excluding hydrogens is 392 g/mol. The van der Waals surface area contributed by atoms with E-state index in [1.165, 1.54) is 30.0 Å². The van der Waals surface area contributed by atoms with Gasteiger partial charge in [0.15, 0.2) is 10.1 Å². The number of anilines is 2. The number of hydrogen-bond acceptors (Lipinski definition) is 7. The lowest BCUT2D eigenvalue weighted by Gasteiger charge is -2.13. The molecule has 8 heteroatoms. The van der Waals surface area contributed by atoms with E-state index in [0.29, 0.717) is 16.4 Å². The summed E-state index contributed by atoms with van der Waals surface area (Å²) in [5.74, 6) is 0.235. The zero-order valence-electron chi connectivity index (χ0n) is 15.5. The van der Waals surface area contributed by atoms with Crippen molar-refractivity contribution in [2.24, 2.45) is 0 Å². The summed E-state index contributed by atoms with van der Waals surface area (Å²) in [6, 6.07) is 17.0. The molecule has 2 aromatic carbocycles. The van der Waals surface area contributed by atoms with Gasteiger partial charge in [-0.2, -0.15) is 0 Å². The number of Topliss-reactive ketones (excluding diaryl/α,β-unsaturated/α-hetero) is 1. The van der Waals surface area contributed by atoms with Gasteiger partial charge in [0.25, 0.3) is 0 Å². The molecule has 3 aromatic rings. The number of nitrogens with one attached hydrogen (secondary N) is 2. The average Bonchev–Trinajstić information content (AvgIpc) is 3.14. The second-order valence-corrected chi connectivity index (χ2v) is 8.32. The molecule has 0 fully saturated rings. The standard InChI is InChI=1S/C20H20N4O2S2/c1-13(21-14(2)25)15-8-10-16(11-9-15)18(26)12-27-20-24-23-19(28-20)22-17-6-4-3-5-7-17/h3-11,13H,12H2,1-2H3,(H,21,25)(H,22,23). The van der Waals surface area contributed by atoms with Gasteiger partial charge in [0.05, 0.1) is 11.8 Å². The van der Waals surface area contributed by atoms with Gasteiger partial charge in [-0.15, -0.1) is 10.2 Å². The molecule has 1 unspecified atom stereocenters. The maximum absolute atomic E-state index is 12.4. The average molecular weight is 413 g/mol. The molecule has 1 amide bonds. The molecule has 6 nitrogen and oxygen atoms in total. The van der Waals surface area contributed by atoms with Crippen molar-refractivity contribution in [3.8, 4) is 0 Å². The van der Waals surface area contributed by atoms with Crippen molar-refractivity contribution in [3.05, 3.63) is 65.7 Å². The summed E-state index contributed by atoms with van der Waals surface area (Å²) in [5, 5.41) is 14.9. The Balaban J connectivity index is 1.53. The van der Waals surface area contributed by atoms with E-state index in [9.17, 15) is 9.59 Å². The molecule has 0 aliphatic carbocycles. The molecule has 2 N–H and O–H groups in total. The van der Waals surface area contributed by atoms with Crippen LogP contribution in [0.15, 0.2) is 58.9 Å². The first-order chi connectivity index (χ1) is 13.5. The number of benzene rings is 2. The fourth-order valence-corrected chi connectivity index (χ4v) is 4.19. The number of hydrogen-bond donors (Lipinski definition) is 2. The maximum atomic E-state index is 12.4. The highest BCUT2D eigenvalue weighted by molar-refractivity contribution is 8.01. The number of aromatic nitrogens is 2. The number of ketones is 1. The summed E-state index contributed by atoms with van der Waals surface area (Å²) in [6.07, 6.45) is 0. The minimum absolute atomic E-state index is 0.0245. The first-order valence-corrected chi connectivity index (χ1v) is 10.5. The predicted octanol–water partition coefficient (Wildman–Crippen LogP) is 4.45. The molecule has 0 saturated carbocycles. The van der Waals surface area contributed by atoms with Crippen LogP contribution in [0.3, 0.4) is 0 Å². The summed E-state index contributed by atoms with van der Waals surface area (Å²) >= 11 is 2.79. The fraction of sp³-hybridized carbons (Fsp3) is 0.200. The zero-order valence-corrected chi connectivity index (χ0v) is 17.1. The van der Waals surface area contributed by atoms with E-state index in [2.05, 4.69) is 20.8 Å². The van der Waals surface area contributed by atoms with Gasteiger partial charge in [-0.3, -0.25) is 9.59 Å². The number of nitrogens with zero attached hydrogens (tertiary/aromatic N) is 2. The summed E-state index contributed by atoms with van der Waals surface area (Å²) < 4.78 is 0.739. The largest absolute Gasteiger partial charge is 0.350 e. The van der Waals surface area contributed by atoms with Gasteiger partial charge in [0.2, 0.25) is 11.0 Å². The molecule has 0 bridgehead atoms. The van der Waals surface area contributed by atoms with Crippen LogP contribution < -0.4 is 10.6 Å². The Morgan fingerprint density at radius 1 is 1.07 bits per heavy atom. The Morgan fingerprint density at radius 3 is 2.46 bits per heavy atom. The van der Waals surface area contributed by atoms with Crippen LogP contribution in [0.1, 0.15) is 35.8 Å². The number of thioether (sulfide) groups is 1. The Labute approximate surface area is 171 Å². The zero-order chi connectivity index (χ0) is 19.9. The highest BCUT2D eigenvalue weighted by atomic mass is 32.2. The Hall–Kier alpha value is -2.71. The van der Waals surface area contributed by atoms with Crippen molar-refractivity contribution in [1.82, 2.24) is 15.5 Å². The van der Waals surface area contributed by atoms with E-state index >= 15 is 0 Å². The van der Waals surface area contributed by atoms with Gasteiger partial charge in [-0.25, -0.2) is 0 Å². The van der Waals surface area contributed by atoms with E-state index in [1.807, 2.05) is 49.4 Å². The van der Waals surface area contributed by atoms with Crippen LogP contribution in [-0.2, 0) is 4.79 Å². The monoisotopic (exact) mass is 412 g/mol. The third-order valence-corrected chi connectivity index (χ3v) is 5.88. The van der Waals surface area contributed by atoms with Crippen molar-refractivity contribution in [2.75, 3.05) is 11.1 Å². The Bertz CT molecular complexity index is 942. The van der Waals surface area contributed by atoms with Crippen LogP contribution in [0.25, 0.3) is 0 Å². The summed E-state index contributed by atoms with van der Waals surface area (Å²) in [6.45, 7) is 3.39. The third kappa shape index (κ3) is 5.64. The van der Waals surface area contributed by atoms with Crippen LogP contribution >= 0.6 is 23.1 Å². The van der Waals surface area contributed by atoms with Crippen LogP contribution in [0.2, 0.25) is 0 Å². The van der Waals surface area contributed by atoms with Crippen LogP contribution in [-0.4, -0.2) is 27.6 Å². The van der Waals surface area contributed by atoms with Crippen molar-refractivity contribution < 1.29 is 9.59 Å². The highest BCUT2D eigenvalue weighted by Crippen LogP contribution is 2.28. The van der Waals surface area contributed by atoms with Gasteiger partial charge in [0, 0.05) is 18.2 Å². The molecule has 1 atom stereocenters. The molecule has 28 heavy (non-hydrogen) atoms. The summed E-state index contributed by atoms with van der Waals surface area (Å²) in [5.41, 5.74) is 2.54. The van der Waals surface area contributed by atoms with Gasteiger partial charge in [-0.1, -0.05) is 65.6 Å². The molecule has 0 radical (unpaired) electrons. The van der Waals surface area contributed by atoms with Crippen LogP contribution in [0.4, 0.5) is 10.8 Å². The van der Waals surface area contributed by atoms with Crippen molar-refractivity contribution in [3.63, 3.8) is 0 Å². The molecule has 3 rings (SSSR count). The molecular formula is C20H20N4O2S2. The van der Waals surface area contributed by atoms with Gasteiger partial charge >= 0.3 is 0 Å². The number of carbonyl (C=O) groups is 2.